The van der Waals surface area contributed by atoms with E-state index in [1.165, 1.54) is 11.1 Å². The highest BCUT2D eigenvalue weighted by Gasteiger charge is 2.41. The largest absolute Gasteiger partial charge is 0.481 e. The fraction of sp³-hybridized carbons (Fsp3) is 0.611. The van der Waals surface area contributed by atoms with Gasteiger partial charge in [0.2, 0.25) is 0 Å². The third kappa shape index (κ3) is 2.48. The van der Waals surface area contributed by atoms with E-state index in [9.17, 15) is 9.90 Å². The van der Waals surface area contributed by atoms with Crippen molar-refractivity contribution in [1.82, 2.24) is 4.90 Å². The molecule has 1 fully saturated rings. The van der Waals surface area contributed by atoms with Crippen molar-refractivity contribution in [2.24, 2.45) is 11.8 Å². The van der Waals surface area contributed by atoms with Gasteiger partial charge in [0, 0.05) is 19.1 Å². The topological polar surface area (TPSA) is 40.5 Å². The van der Waals surface area contributed by atoms with Crippen molar-refractivity contribution in [3.63, 3.8) is 0 Å². The van der Waals surface area contributed by atoms with Crippen LogP contribution in [0.1, 0.15) is 50.8 Å². The molecule has 0 bridgehead atoms. The number of hydrogen-bond donors (Lipinski definition) is 1. The van der Waals surface area contributed by atoms with Crippen molar-refractivity contribution in [3.8, 4) is 0 Å². The number of aliphatic carboxylic acids is 1. The highest BCUT2D eigenvalue weighted by molar-refractivity contribution is 5.71. The molecule has 1 saturated heterocycles. The normalized spacial score (nSPS) is 31.9. The molecular formula is C18H25NO2. The minimum atomic E-state index is -0.644. The Morgan fingerprint density at radius 2 is 2.00 bits per heavy atom. The van der Waals surface area contributed by atoms with Crippen LogP contribution in [0.4, 0.5) is 0 Å². The third-order valence-corrected chi connectivity index (χ3v) is 5.49. The molecule has 3 atom stereocenters. The molecule has 0 aromatic heterocycles. The number of hydrogen-bond acceptors (Lipinski definition) is 2. The molecule has 2 aliphatic rings. The third-order valence-electron chi connectivity index (χ3n) is 5.49. The van der Waals surface area contributed by atoms with Crippen molar-refractivity contribution < 1.29 is 9.90 Å². The van der Waals surface area contributed by atoms with Crippen LogP contribution in [0, 0.1) is 11.8 Å². The highest BCUT2D eigenvalue weighted by Crippen LogP contribution is 2.45. The molecule has 114 valence electrons. The minimum Gasteiger partial charge on any atom is -0.481 e. The Morgan fingerprint density at radius 1 is 1.29 bits per heavy atom. The maximum atomic E-state index is 11.4. The summed E-state index contributed by atoms with van der Waals surface area (Å²) in [4.78, 5) is 13.8. The number of carboxylic acid groups (broad SMARTS) is 1. The second-order valence-corrected chi connectivity index (χ2v) is 7.40. The van der Waals surface area contributed by atoms with E-state index < -0.39 is 5.97 Å². The average Bonchev–Trinajstić information content (AvgIpc) is 2.81. The Morgan fingerprint density at radius 3 is 2.67 bits per heavy atom. The summed E-state index contributed by atoms with van der Waals surface area (Å²) in [6, 6.07) is 9.10. The second-order valence-electron chi connectivity index (χ2n) is 7.40. The van der Waals surface area contributed by atoms with Crippen LogP contribution in [-0.4, -0.2) is 29.1 Å². The quantitative estimate of drug-likeness (QED) is 0.905. The molecular weight excluding hydrogens is 262 g/mol. The number of rotatable bonds is 2. The first-order valence-electron chi connectivity index (χ1n) is 7.96. The van der Waals surface area contributed by atoms with E-state index in [-0.39, 0.29) is 17.3 Å². The van der Waals surface area contributed by atoms with Gasteiger partial charge in [-0.15, -0.1) is 0 Å². The lowest BCUT2D eigenvalue weighted by atomic mass is 9.70. The lowest BCUT2D eigenvalue weighted by Crippen LogP contribution is -2.35. The van der Waals surface area contributed by atoms with Gasteiger partial charge in [0.25, 0.3) is 0 Å². The van der Waals surface area contributed by atoms with Gasteiger partial charge in [0.05, 0.1) is 5.92 Å². The zero-order chi connectivity index (χ0) is 15.2. The summed E-state index contributed by atoms with van der Waals surface area (Å²) in [6.45, 7) is 8.28. The molecule has 1 heterocycles. The Bertz CT molecular complexity index is 552. The van der Waals surface area contributed by atoms with Crippen LogP contribution >= 0.6 is 0 Å². The number of nitrogens with zero attached hydrogens (tertiary/aromatic N) is 1. The van der Waals surface area contributed by atoms with E-state index in [0.29, 0.717) is 12.6 Å². The molecule has 3 heteroatoms. The molecule has 0 saturated carbocycles. The first kappa shape index (κ1) is 14.6. The van der Waals surface area contributed by atoms with E-state index in [1.807, 2.05) is 0 Å². The summed E-state index contributed by atoms with van der Waals surface area (Å²) < 4.78 is 0. The van der Waals surface area contributed by atoms with Crippen molar-refractivity contribution in [2.75, 3.05) is 13.1 Å². The van der Waals surface area contributed by atoms with E-state index in [0.717, 1.165) is 19.4 Å². The predicted octanol–water partition coefficient (Wildman–Crippen LogP) is 3.45. The van der Waals surface area contributed by atoms with Crippen molar-refractivity contribution >= 4 is 5.97 Å². The van der Waals surface area contributed by atoms with Crippen LogP contribution in [0.2, 0.25) is 0 Å². The molecule has 1 N–H and O–H groups in total. The Hall–Kier alpha value is -1.35. The van der Waals surface area contributed by atoms with Gasteiger partial charge in [-0.3, -0.25) is 9.69 Å². The van der Waals surface area contributed by atoms with Crippen LogP contribution in [0.5, 0.6) is 0 Å². The Labute approximate surface area is 127 Å². The second kappa shape index (κ2) is 5.13. The van der Waals surface area contributed by atoms with E-state index in [1.54, 1.807) is 0 Å². The summed E-state index contributed by atoms with van der Waals surface area (Å²) >= 11 is 0. The molecule has 21 heavy (non-hydrogen) atoms. The molecule has 1 aromatic carbocycles. The standard InChI is InChI=1S/C18H25NO2/c1-12-10-19(11-14(12)17(20)21)16-8-9-18(2,3)15-7-5-4-6-13(15)16/h4-7,12,14,16H,8-11H2,1-3H3,(H,20,21). The van der Waals surface area contributed by atoms with Gasteiger partial charge in [0.15, 0.2) is 0 Å². The fourth-order valence-corrected chi connectivity index (χ4v) is 4.15. The maximum Gasteiger partial charge on any atom is 0.308 e. The van der Waals surface area contributed by atoms with Crippen molar-refractivity contribution in [3.05, 3.63) is 35.4 Å². The van der Waals surface area contributed by atoms with Crippen LogP contribution in [-0.2, 0) is 10.2 Å². The van der Waals surface area contributed by atoms with Gasteiger partial charge in [-0.25, -0.2) is 0 Å². The van der Waals surface area contributed by atoms with Gasteiger partial charge < -0.3 is 5.11 Å². The molecule has 1 aliphatic carbocycles. The van der Waals surface area contributed by atoms with Crippen LogP contribution < -0.4 is 0 Å². The molecule has 0 radical (unpaired) electrons. The van der Waals surface area contributed by atoms with Gasteiger partial charge in [-0.1, -0.05) is 45.0 Å². The molecule has 3 unspecified atom stereocenters. The van der Waals surface area contributed by atoms with Gasteiger partial charge in [-0.05, 0) is 35.3 Å². The predicted molar refractivity (Wildman–Crippen MR) is 83.3 cm³/mol. The number of carbonyl (C=O) groups is 1. The van der Waals surface area contributed by atoms with Crippen molar-refractivity contribution in [1.29, 1.82) is 0 Å². The number of benzene rings is 1. The lowest BCUT2D eigenvalue weighted by Gasteiger charge is -2.40. The zero-order valence-corrected chi connectivity index (χ0v) is 13.2. The SMILES string of the molecule is CC1CN(C2CCC(C)(C)c3ccccc32)CC1C(=O)O. The summed E-state index contributed by atoms with van der Waals surface area (Å²) in [5.41, 5.74) is 3.07. The smallest absolute Gasteiger partial charge is 0.308 e. The summed E-state index contributed by atoms with van der Waals surface area (Å²) in [5, 5.41) is 9.35. The molecule has 0 amide bonds. The summed E-state index contributed by atoms with van der Waals surface area (Å²) in [5.74, 6) is -0.619. The first-order chi connectivity index (χ1) is 9.90. The van der Waals surface area contributed by atoms with Crippen LogP contribution in [0.25, 0.3) is 0 Å². The molecule has 1 aliphatic heterocycles. The number of carboxylic acids is 1. The van der Waals surface area contributed by atoms with Crippen molar-refractivity contribution in [2.45, 2.75) is 45.1 Å². The van der Waals surface area contributed by atoms with E-state index >= 15 is 0 Å². The zero-order valence-electron chi connectivity index (χ0n) is 13.2. The molecule has 0 spiro atoms. The highest BCUT2D eigenvalue weighted by atomic mass is 16.4. The average molecular weight is 287 g/mol. The van der Waals surface area contributed by atoms with E-state index in [4.69, 9.17) is 0 Å². The minimum absolute atomic E-state index is 0.216. The van der Waals surface area contributed by atoms with E-state index in [2.05, 4.69) is 49.9 Å². The van der Waals surface area contributed by atoms with Gasteiger partial charge in [-0.2, -0.15) is 0 Å². The van der Waals surface area contributed by atoms with Crippen LogP contribution in [0.3, 0.4) is 0 Å². The summed E-state index contributed by atoms with van der Waals surface area (Å²) in [7, 11) is 0. The van der Waals surface area contributed by atoms with Gasteiger partial charge >= 0.3 is 5.97 Å². The number of likely N-dealkylation sites (tertiary alicyclic amines) is 1. The molecule has 1 aromatic rings. The monoisotopic (exact) mass is 287 g/mol. The maximum absolute atomic E-state index is 11.4. The lowest BCUT2D eigenvalue weighted by molar-refractivity contribution is -0.142. The molecule has 3 rings (SSSR count). The summed E-state index contributed by atoms with van der Waals surface area (Å²) in [6.07, 6.45) is 2.29. The Balaban J connectivity index is 1.90. The Kier molecular flexibility index (Phi) is 3.56. The van der Waals surface area contributed by atoms with Gasteiger partial charge in [0.1, 0.15) is 0 Å². The fourth-order valence-electron chi connectivity index (χ4n) is 4.15. The van der Waals surface area contributed by atoms with Crippen LogP contribution in [0.15, 0.2) is 24.3 Å². The number of fused-ring (bicyclic) bond motifs is 1. The molecule has 3 nitrogen and oxygen atoms in total. The first-order valence-corrected chi connectivity index (χ1v) is 7.96.